The molecule has 1 N–H and O–H groups in total. The van der Waals surface area contributed by atoms with E-state index in [1.165, 1.54) is 12.8 Å². The van der Waals surface area contributed by atoms with Gasteiger partial charge in [-0.2, -0.15) is 4.98 Å². The molecule has 1 aliphatic carbocycles. The molecule has 0 aliphatic heterocycles. The van der Waals surface area contributed by atoms with E-state index in [4.69, 9.17) is 9.26 Å². The zero-order valence-electron chi connectivity index (χ0n) is 12.2. The first kappa shape index (κ1) is 14.0. The summed E-state index contributed by atoms with van der Waals surface area (Å²) in [6, 6.07) is 4.59. The Balaban J connectivity index is 1.47. The first-order chi connectivity index (χ1) is 10.3. The topological polar surface area (TPSA) is 73.1 Å². The lowest BCUT2D eigenvalue weighted by molar-refractivity contribution is 0.284. The Bertz CT molecular complexity index is 563. The zero-order valence-corrected chi connectivity index (χ0v) is 12.2. The van der Waals surface area contributed by atoms with Gasteiger partial charge < -0.3 is 14.6 Å². The molecule has 1 aliphatic rings. The van der Waals surface area contributed by atoms with E-state index in [0.29, 0.717) is 30.1 Å². The molecule has 6 heteroatoms. The molecule has 1 fully saturated rings. The molecule has 112 valence electrons. The molecule has 0 unspecified atom stereocenters. The summed E-state index contributed by atoms with van der Waals surface area (Å²) in [4.78, 5) is 8.63. The standard InChI is InChI=1S/C15H20N4O2/c1-2-3-15-18-14(19-21-15)10-20-13-7-6-12(17-9-13)8-16-11-4-5-11/h6-7,9,11,16H,2-5,8,10H2,1H3. The van der Waals surface area contributed by atoms with Crippen molar-refractivity contribution in [2.45, 2.75) is 51.8 Å². The van der Waals surface area contributed by atoms with Crippen LogP contribution in [0, 0.1) is 0 Å². The molecule has 0 atom stereocenters. The van der Waals surface area contributed by atoms with E-state index in [1.54, 1.807) is 6.20 Å². The van der Waals surface area contributed by atoms with Gasteiger partial charge in [-0.3, -0.25) is 4.98 Å². The highest BCUT2D eigenvalue weighted by Gasteiger charge is 2.20. The van der Waals surface area contributed by atoms with Gasteiger partial charge in [0.2, 0.25) is 11.7 Å². The molecule has 0 aromatic carbocycles. The monoisotopic (exact) mass is 288 g/mol. The SMILES string of the molecule is CCCc1nc(COc2ccc(CNC3CC3)nc2)no1. The molecule has 0 radical (unpaired) electrons. The van der Waals surface area contributed by atoms with Crippen LogP contribution in [0.4, 0.5) is 0 Å². The minimum Gasteiger partial charge on any atom is -0.484 e. The van der Waals surface area contributed by atoms with Gasteiger partial charge in [-0.1, -0.05) is 12.1 Å². The summed E-state index contributed by atoms with van der Waals surface area (Å²) < 4.78 is 10.7. The second-order valence-corrected chi connectivity index (χ2v) is 5.28. The van der Waals surface area contributed by atoms with Crippen molar-refractivity contribution in [3.8, 4) is 5.75 Å². The maximum atomic E-state index is 5.61. The molecule has 0 saturated heterocycles. The van der Waals surface area contributed by atoms with Crippen molar-refractivity contribution >= 4 is 0 Å². The van der Waals surface area contributed by atoms with Gasteiger partial charge in [-0.25, -0.2) is 0 Å². The second-order valence-electron chi connectivity index (χ2n) is 5.28. The number of aromatic nitrogens is 3. The molecule has 0 spiro atoms. The van der Waals surface area contributed by atoms with Crippen molar-refractivity contribution in [1.82, 2.24) is 20.4 Å². The molecular weight excluding hydrogens is 268 g/mol. The summed E-state index contributed by atoms with van der Waals surface area (Å²) in [5.41, 5.74) is 1.03. The highest BCUT2D eigenvalue weighted by Crippen LogP contribution is 2.19. The molecule has 6 nitrogen and oxygen atoms in total. The second kappa shape index (κ2) is 6.67. The normalized spacial score (nSPS) is 14.3. The summed E-state index contributed by atoms with van der Waals surface area (Å²) in [7, 11) is 0. The fourth-order valence-electron chi connectivity index (χ4n) is 1.95. The summed E-state index contributed by atoms with van der Waals surface area (Å²) in [5.74, 6) is 1.95. The highest BCUT2D eigenvalue weighted by atomic mass is 16.5. The van der Waals surface area contributed by atoms with E-state index in [1.807, 2.05) is 12.1 Å². The number of rotatable bonds is 8. The molecule has 0 bridgehead atoms. The predicted octanol–water partition coefficient (Wildman–Crippen LogP) is 2.25. The van der Waals surface area contributed by atoms with Crippen LogP contribution in [0.5, 0.6) is 5.75 Å². The number of hydrogen-bond donors (Lipinski definition) is 1. The van der Waals surface area contributed by atoms with E-state index in [0.717, 1.165) is 25.1 Å². The Morgan fingerprint density at radius 2 is 2.29 bits per heavy atom. The van der Waals surface area contributed by atoms with Crippen molar-refractivity contribution < 1.29 is 9.26 Å². The van der Waals surface area contributed by atoms with Gasteiger partial charge >= 0.3 is 0 Å². The number of ether oxygens (including phenoxy) is 1. The number of hydrogen-bond acceptors (Lipinski definition) is 6. The van der Waals surface area contributed by atoms with Crippen molar-refractivity contribution in [2.24, 2.45) is 0 Å². The summed E-state index contributed by atoms with van der Waals surface area (Å²) in [6.07, 6.45) is 6.09. The van der Waals surface area contributed by atoms with Crippen LogP contribution >= 0.6 is 0 Å². The van der Waals surface area contributed by atoms with E-state index in [2.05, 4.69) is 27.4 Å². The van der Waals surface area contributed by atoms with Gasteiger partial charge in [0.05, 0.1) is 11.9 Å². The summed E-state index contributed by atoms with van der Waals surface area (Å²) in [5, 5.41) is 7.31. The van der Waals surface area contributed by atoms with E-state index in [9.17, 15) is 0 Å². The Hall–Kier alpha value is -1.95. The minimum absolute atomic E-state index is 0.300. The van der Waals surface area contributed by atoms with E-state index in [-0.39, 0.29) is 0 Å². The largest absolute Gasteiger partial charge is 0.484 e. The molecular formula is C15H20N4O2. The number of nitrogens with one attached hydrogen (secondary N) is 1. The lowest BCUT2D eigenvalue weighted by atomic mass is 10.3. The van der Waals surface area contributed by atoms with Crippen molar-refractivity contribution in [3.05, 3.63) is 35.7 Å². The average molecular weight is 288 g/mol. The number of pyridine rings is 1. The lowest BCUT2D eigenvalue weighted by Crippen LogP contribution is -2.16. The van der Waals surface area contributed by atoms with Crippen LogP contribution in [0.3, 0.4) is 0 Å². The third-order valence-corrected chi connectivity index (χ3v) is 3.29. The predicted molar refractivity (Wildman–Crippen MR) is 76.7 cm³/mol. The molecule has 2 aromatic rings. The van der Waals surface area contributed by atoms with Gasteiger partial charge in [-0.15, -0.1) is 0 Å². The summed E-state index contributed by atoms with van der Waals surface area (Å²) in [6.45, 7) is 3.19. The van der Waals surface area contributed by atoms with Crippen LogP contribution in [-0.4, -0.2) is 21.2 Å². The molecule has 3 rings (SSSR count). The van der Waals surface area contributed by atoms with E-state index < -0.39 is 0 Å². The molecule has 0 amide bonds. The smallest absolute Gasteiger partial charge is 0.226 e. The Morgan fingerprint density at radius 1 is 1.38 bits per heavy atom. The fraction of sp³-hybridized carbons (Fsp3) is 0.533. The quantitative estimate of drug-likeness (QED) is 0.803. The Labute approximate surface area is 123 Å². The van der Waals surface area contributed by atoms with Gasteiger partial charge in [0.15, 0.2) is 6.61 Å². The Morgan fingerprint density at radius 3 is 3.00 bits per heavy atom. The average Bonchev–Trinajstić information content (AvgIpc) is 3.24. The third-order valence-electron chi connectivity index (χ3n) is 3.29. The third kappa shape index (κ3) is 4.26. The van der Waals surface area contributed by atoms with E-state index >= 15 is 0 Å². The minimum atomic E-state index is 0.300. The molecule has 21 heavy (non-hydrogen) atoms. The highest BCUT2D eigenvalue weighted by molar-refractivity contribution is 5.20. The van der Waals surface area contributed by atoms with Gasteiger partial charge in [0, 0.05) is 19.0 Å². The van der Waals surface area contributed by atoms with Crippen LogP contribution in [0.25, 0.3) is 0 Å². The van der Waals surface area contributed by atoms with Crippen LogP contribution < -0.4 is 10.1 Å². The fourth-order valence-corrected chi connectivity index (χ4v) is 1.95. The molecule has 2 heterocycles. The van der Waals surface area contributed by atoms with Gasteiger partial charge in [0.1, 0.15) is 5.75 Å². The van der Waals surface area contributed by atoms with Gasteiger partial charge in [-0.05, 0) is 31.4 Å². The summed E-state index contributed by atoms with van der Waals surface area (Å²) >= 11 is 0. The number of aryl methyl sites for hydroxylation is 1. The van der Waals surface area contributed by atoms with Crippen LogP contribution in [0.15, 0.2) is 22.9 Å². The van der Waals surface area contributed by atoms with Crippen LogP contribution in [0.1, 0.15) is 43.6 Å². The number of nitrogens with zero attached hydrogens (tertiary/aromatic N) is 3. The lowest BCUT2D eigenvalue weighted by Gasteiger charge is -2.05. The molecule has 2 aromatic heterocycles. The maximum absolute atomic E-state index is 5.61. The first-order valence-electron chi connectivity index (χ1n) is 7.46. The van der Waals surface area contributed by atoms with Crippen LogP contribution in [-0.2, 0) is 19.6 Å². The molecule has 1 saturated carbocycles. The van der Waals surface area contributed by atoms with Crippen molar-refractivity contribution in [3.63, 3.8) is 0 Å². The van der Waals surface area contributed by atoms with Crippen molar-refractivity contribution in [1.29, 1.82) is 0 Å². The van der Waals surface area contributed by atoms with Crippen molar-refractivity contribution in [2.75, 3.05) is 0 Å². The van der Waals surface area contributed by atoms with Gasteiger partial charge in [0.25, 0.3) is 0 Å². The van der Waals surface area contributed by atoms with Crippen LogP contribution in [0.2, 0.25) is 0 Å². The first-order valence-corrected chi connectivity index (χ1v) is 7.46. The maximum Gasteiger partial charge on any atom is 0.226 e. The Kier molecular flexibility index (Phi) is 4.45. The zero-order chi connectivity index (χ0) is 14.5.